The summed E-state index contributed by atoms with van der Waals surface area (Å²) in [5, 5.41) is -0.463. The second-order valence-corrected chi connectivity index (χ2v) is 8.18. The van der Waals surface area contributed by atoms with Gasteiger partial charge in [-0.2, -0.15) is 0 Å². The molecule has 0 spiro atoms. The molecule has 2 fully saturated rings. The summed E-state index contributed by atoms with van der Waals surface area (Å²) in [6.45, 7) is 1.09. The number of esters is 1. The Hall–Kier alpha value is -3.39. The first-order chi connectivity index (χ1) is 15.0. The summed E-state index contributed by atoms with van der Waals surface area (Å²) in [6, 6.07) is 15.3. The van der Waals surface area contributed by atoms with Crippen molar-refractivity contribution in [3.05, 3.63) is 70.6 Å². The van der Waals surface area contributed by atoms with Crippen LogP contribution in [0.15, 0.2) is 59.5 Å². The Morgan fingerprint density at radius 2 is 1.74 bits per heavy atom. The molecule has 2 aliphatic heterocycles. The molecule has 0 aromatic heterocycles. The van der Waals surface area contributed by atoms with Gasteiger partial charge >= 0.3 is 5.97 Å². The number of ether oxygens (including phenoxy) is 1. The highest BCUT2D eigenvalue weighted by atomic mass is 32.2. The van der Waals surface area contributed by atoms with Crippen LogP contribution in [0.5, 0.6) is 5.75 Å². The minimum Gasteiger partial charge on any atom is -0.423 e. The molecular weight excluding hydrogens is 416 g/mol. The topological polar surface area (TPSA) is 84.0 Å². The highest BCUT2D eigenvalue weighted by Crippen LogP contribution is 2.32. The number of thioether (sulfide) groups is 1. The van der Waals surface area contributed by atoms with Crippen molar-refractivity contribution in [2.75, 3.05) is 19.6 Å². The van der Waals surface area contributed by atoms with Gasteiger partial charge in [0.15, 0.2) is 0 Å². The molecule has 31 heavy (non-hydrogen) atoms. The molecule has 158 valence electrons. The maximum absolute atomic E-state index is 12.7. The molecule has 2 aromatic carbocycles. The van der Waals surface area contributed by atoms with E-state index in [4.69, 9.17) is 4.74 Å². The second-order valence-electron chi connectivity index (χ2n) is 7.18. The summed E-state index contributed by atoms with van der Waals surface area (Å²) in [7, 11) is 0. The Kier molecular flexibility index (Phi) is 6.18. The standard InChI is InChI=1S/C23H20N2O5S/c26-20(24-11-4-5-12-24)15-25-21(27)19(31-23(25)29)14-16-7-6-10-18(13-16)30-22(28)17-8-2-1-3-9-17/h1-3,6-10,13-14H,4-5,11-12,15H2/b19-14-. The van der Waals surface area contributed by atoms with Crippen molar-refractivity contribution in [2.24, 2.45) is 0 Å². The van der Waals surface area contributed by atoms with E-state index < -0.39 is 17.1 Å². The van der Waals surface area contributed by atoms with Gasteiger partial charge in [0.05, 0.1) is 10.5 Å². The van der Waals surface area contributed by atoms with Crippen LogP contribution in [0, 0.1) is 0 Å². The van der Waals surface area contributed by atoms with Gasteiger partial charge in [-0.15, -0.1) is 0 Å². The molecule has 4 rings (SSSR count). The smallest absolute Gasteiger partial charge is 0.343 e. The van der Waals surface area contributed by atoms with E-state index in [2.05, 4.69) is 0 Å². The molecule has 0 bridgehead atoms. The van der Waals surface area contributed by atoms with Crippen molar-refractivity contribution in [2.45, 2.75) is 12.8 Å². The zero-order valence-electron chi connectivity index (χ0n) is 16.7. The van der Waals surface area contributed by atoms with Crippen molar-refractivity contribution < 1.29 is 23.9 Å². The van der Waals surface area contributed by atoms with E-state index in [1.807, 2.05) is 6.07 Å². The van der Waals surface area contributed by atoms with Gasteiger partial charge in [-0.3, -0.25) is 19.3 Å². The van der Waals surface area contributed by atoms with Crippen LogP contribution in [0.3, 0.4) is 0 Å². The van der Waals surface area contributed by atoms with Gasteiger partial charge in [-0.1, -0.05) is 30.3 Å². The highest BCUT2D eigenvalue weighted by Gasteiger charge is 2.37. The lowest BCUT2D eigenvalue weighted by molar-refractivity contribution is -0.135. The molecule has 0 saturated carbocycles. The van der Waals surface area contributed by atoms with Crippen LogP contribution in [0.1, 0.15) is 28.8 Å². The third-order valence-electron chi connectivity index (χ3n) is 5.00. The molecular formula is C23H20N2O5S. The van der Waals surface area contributed by atoms with Gasteiger partial charge in [-0.05, 0) is 60.5 Å². The predicted octanol–water partition coefficient (Wildman–Crippen LogP) is 3.56. The van der Waals surface area contributed by atoms with E-state index >= 15 is 0 Å². The van der Waals surface area contributed by atoms with Crippen LogP contribution in [0.25, 0.3) is 6.08 Å². The van der Waals surface area contributed by atoms with Gasteiger partial charge in [-0.25, -0.2) is 4.79 Å². The minimum atomic E-state index is -0.491. The number of likely N-dealkylation sites (tertiary alicyclic amines) is 1. The number of rotatable bonds is 5. The van der Waals surface area contributed by atoms with Crippen molar-refractivity contribution in [1.29, 1.82) is 0 Å². The van der Waals surface area contributed by atoms with Crippen LogP contribution < -0.4 is 4.74 Å². The Morgan fingerprint density at radius 1 is 1.00 bits per heavy atom. The summed E-state index contributed by atoms with van der Waals surface area (Å²) in [5.41, 5.74) is 1.03. The number of benzene rings is 2. The van der Waals surface area contributed by atoms with Crippen molar-refractivity contribution in [3.63, 3.8) is 0 Å². The van der Waals surface area contributed by atoms with Crippen LogP contribution >= 0.6 is 11.8 Å². The monoisotopic (exact) mass is 436 g/mol. The molecule has 7 nitrogen and oxygen atoms in total. The third-order valence-corrected chi connectivity index (χ3v) is 5.91. The lowest BCUT2D eigenvalue weighted by Gasteiger charge is -2.18. The van der Waals surface area contributed by atoms with Crippen LogP contribution in [-0.2, 0) is 9.59 Å². The van der Waals surface area contributed by atoms with Crippen LogP contribution in [-0.4, -0.2) is 52.5 Å². The average molecular weight is 436 g/mol. The first-order valence-electron chi connectivity index (χ1n) is 9.92. The van der Waals surface area contributed by atoms with Gasteiger partial charge in [0.1, 0.15) is 12.3 Å². The van der Waals surface area contributed by atoms with Gasteiger partial charge in [0.25, 0.3) is 11.1 Å². The minimum absolute atomic E-state index is 0.212. The van der Waals surface area contributed by atoms with Crippen LogP contribution in [0.2, 0.25) is 0 Å². The van der Waals surface area contributed by atoms with Gasteiger partial charge < -0.3 is 9.64 Å². The van der Waals surface area contributed by atoms with Crippen molar-refractivity contribution in [3.8, 4) is 5.75 Å². The van der Waals surface area contributed by atoms with E-state index in [0.29, 0.717) is 30.0 Å². The molecule has 2 saturated heterocycles. The zero-order chi connectivity index (χ0) is 21.8. The number of nitrogens with zero attached hydrogens (tertiary/aromatic N) is 2. The Labute approximate surface area is 183 Å². The zero-order valence-corrected chi connectivity index (χ0v) is 17.5. The normalized spacial score (nSPS) is 17.5. The Morgan fingerprint density at radius 3 is 2.48 bits per heavy atom. The fourth-order valence-electron chi connectivity index (χ4n) is 3.40. The number of hydrogen-bond acceptors (Lipinski definition) is 6. The van der Waals surface area contributed by atoms with E-state index in [0.717, 1.165) is 29.5 Å². The molecule has 2 heterocycles. The first-order valence-corrected chi connectivity index (χ1v) is 10.7. The molecule has 0 aliphatic carbocycles. The number of carbonyl (C=O) groups is 4. The molecule has 8 heteroatoms. The molecule has 0 unspecified atom stereocenters. The van der Waals surface area contributed by atoms with E-state index in [-0.39, 0.29) is 17.4 Å². The predicted molar refractivity (Wildman–Crippen MR) is 116 cm³/mol. The maximum atomic E-state index is 12.7. The number of carbonyl (C=O) groups excluding carboxylic acids is 4. The molecule has 3 amide bonds. The quantitative estimate of drug-likeness (QED) is 0.405. The first kappa shape index (κ1) is 20.9. The highest BCUT2D eigenvalue weighted by molar-refractivity contribution is 8.18. The fraction of sp³-hybridized carbons (Fsp3) is 0.217. The summed E-state index contributed by atoms with van der Waals surface area (Å²) < 4.78 is 5.40. The molecule has 0 atom stereocenters. The molecule has 2 aliphatic rings. The summed E-state index contributed by atoms with van der Waals surface area (Å²) in [4.78, 5) is 52.4. The largest absolute Gasteiger partial charge is 0.423 e. The second kappa shape index (κ2) is 9.18. The SMILES string of the molecule is O=C(Oc1cccc(/C=C2\SC(=O)N(CC(=O)N3CCCC3)C2=O)c1)c1ccccc1. The molecule has 2 aromatic rings. The number of imide groups is 1. The van der Waals surface area contributed by atoms with Crippen molar-refractivity contribution in [1.82, 2.24) is 9.80 Å². The lowest BCUT2D eigenvalue weighted by Crippen LogP contribution is -2.40. The van der Waals surface area contributed by atoms with E-state index in [1.54, 1.807) is 59.5 Å². The number of hydrogen-bond donors (Lipinski definition) is 0. The maximum Gasteiger partial charge on any atom is 0.343 e. The fourth-order valence-corrected chi connectivity index (χ4v) is 4.24. The van der Waals surface area contributed by atoms with E-state index in [9.17, 15) is 19.2 Å². The average Bonchev–Trinajstić information content (AvgIpc) is 3.40. The van der Waals surface area contributed by atoms with Crippen LogP contribution in [0.4, 0.5) is 4.79 Å². The summed E-state index contributed by atoms with van der Waals surface area (Å²) in [5.74, 6) is -0.866. The van der Waals surface area contributed by atoms with Crippen molar-refractivity contribution >= 4 is 40.9 Å². The Bertz CT molecular complexity index is 1060. The molecule has 0 N–H and O–H groups in total. The molecule has 0 radical (unpaired) electrons. The summed E-state index contributed by atoms with van der Waals surface area (Å²) >= 11 is 0.798. The van der Waals surface area contributed by atoms with E-state index in [1.165, 1.54) is 0 Å². The van der Waals surface area contributed by atoms with Gasteiger partial charge in [0.2, 0.25) is 5.91 Å². The lowest BCUT2D eigenvalue weighted by atomic mass is 10.2. The summed E-state index contributed by atoms with van der Waals surface area (Å²) in [6.07, 6.45) is 3.45. The Balaban J connectivity index is 1.45. The number of amides is 3. The van der Waals surface area contributed by atoms with Gasteiger partial charge in [0, 0.05) is 13.1 Å². The third kappa shape index (κ3) is 4.86.